The van der Waals surface area contributed by atoms with Crippen molar-refractivity contribution in [2.45, 2.75) is 26.8 Å². The molecule has 3 aromatic rings. The average Bonchev–Trinajstić information content (AvgIpc) is 3.18. The molecular formula is C19H24ClF2N5OS. The minimum absolute atomic E-state index is 0. The van der Waals surface area contributed by atoms with Crippen molar-refractivity contribution < 1.29 is 13.6 Å². The Labute approximate surface area is 178 Å². The van der Waals surface area contributed by atoms with Crippen molar-refractivity contribution in [3.63, 3.8) is 0 Å². The van der Waals surface area contributed by atoms with Crippen LogP contribution in [0.3, 0.4) is 0 Å². The van der Waals surface area contributed by atoms with Crippen LogP contribution in [0, 0.1) is 18.6 Å². The summed E-state index contributed by atoms with van der Waals surface area (Å²) in [5, 5.41) is 4.75. The summed E-state index contributed by atoms with van der Waals surface area (Å²) in [6.45, 7) is 6.81. The second-order valence-electron chi connectivity index (χ2n) is 7.20. The number of benzene rings is 1. The van der Waals surface area contributed by atoms with E-state index in [1.165, 1.54) is 11.0 Å². The Balaban J connectivity index is 0.00000300. The fourth-order valence-electron chi connectivity index (χ4n) is 2.90. The van der Waals surface area contributed by atoms with Crippen LogP contribution in [0.5, 0.6) is 0 Å². The highest BCUT2D eigenvalue weighted by molar-refractivity contribution is 7.22. The Hall–Kier alpha value is -2.10. The lowest BCUT2D eigenvalue weighted by atomic mass is 10.3. The smallest absolute Gasteiger partial charge is 0.280 e. The van der Waals surface area contributed by atoms with Crippen LogP contribution < -0.4 is 4.90 Å². The van der Waals surface area contributed by atoms with E-state index >= 15 is 0 Å². The Kier molecular flexibility index (Phi) is 7.31. The molecule has 29 heavy (non-hydrogen) atoms. The first kappa shape index (κ1) is 23.2. The van der Waals surface area contributed by atoms with Crippen LogP contribution in [0.1, 0.15) is 36.1 Å². The second kappa shape index (κ2) is 9.15. The van der Waals surface area contributed by atoms with Gasteiger partial charge in [0.25, 0.3) is 5.91 Å². The van der Waals surface area contributed by atoms with Crippen molar-refractivity contribution in [1.82, 2.24) is 19.7 Å². The molecule has 0 unspecified atom stereocenters. The maximum Gasteiger partial charge on any atom is 0.280 e. The standard InChI is InChI=1S/C19H23F2N5OS.ClH/c1-11(2)26-12(3)8-15(23-26)18(27)25(7-6-24(4)5)19-22-17-14(21)9-13(20)10-16(17)28-19;/h8-11H,6-7H2,1-5H3;1H. The highest BCUT2D eigenvalue weighted by atomic mass is 35.5. The number of hydrogen-bond donors (Lipinski definition) is 0. The topological polar surface area (TPSA) is 54.3 Å². The largest absolute Gasteiger partial charge is 0.308 e. The summed E-state index contributed by atoms with van der Waals surface area (Å²) in [5.41, 5.74) is 1.24. The van der Waals surface area contributed by atoms with Crippen molar-refractivity contribution in [1.29, 1.82) is 0 Å². The van der Waals surface area contributed by atoms with E-state index in [-0.39, 0.29) is 29.9 Å². The van der Waals surface area contributed by atoms with Gasteiger partial charge in [-0.05, 0) is 47.0 Å². The van der Waals surface area contributed by atoms with E-state index in [4.69, 9.17) is 0 Å². The Morgan fingerprint density at radius 1 is 1.21 bits per heavy atom. The van der Waals surface area contributed by atoms with E-state index in [2.05, 4.69) is 10.1 Å². The lowest BCUT2D eigenvalue weighted by Crippen LogP contribution is -2.37. The molecule has 6 nitrogen and oxygen atoms in total. The van der Waals surface area contributed by atoms with Gasteiger partial charge in [0.05, 0.1) is 4.70 Å². The molecule has 0 fully saturated rings. The van der Waals surface area contributed by atoms with Gasteiger partial charge >= 0.3 is 0 Å². The van der Waals surface area contributed by atoms with E-state index in [0.29, 0.717) is 28.6 Å². The van der Waals surface area contributed by atoms with E-state index in [9.17, 15) is 13.6 Å². The summed E-state index contributed by atoms with van der Waals surface area (Å²) in [7, 11) is 3.79. The third-order valence-corrected chi connectivity index (χ3v) is 5.30. The maximum absolute atomic E-state index is 14.1. The highest BCUT2D eigenvalue weighted by Gasteiger charge is 2.25. The van der Waals surface area contributed by atoms with Gasteiger partial charge in [-0.2, -0.15) is 5.10 Å². The molecule has 0 saturated heterocycles. The Morgan fingerprint density at radius 2 is 1.90 bits per heavy atom. The molecule has 0 aliphatic carbocycles. The van der Waals surface area contributed by atoms with Gasteiger partial charge in [0.2, 0.25) is 0 Å². The van der Waals surface area contributed by atoms with Crippen molar-refractivity contribution >= 4 is 45.0 Å². The number of fused-ring (bicyclic) bond motifs is 1. The van der Waals surface area contributed by atoms with Crippen LogP contribution in [-0.2, 0) is 0 Å². The fraction of sp³-hybridized carbons (Fsp3) is 0.421. The molecule has 10 heteroatoms. The molecule has 0 atom stereocenters. The van der Waals surface area contributed by atoms with Gasteiger partial charge in [-0.1, -0.05) is 11.3 Å². The van der Waals surface area contributed by atoms with Gasteiger partial charge in [0, 0.05) is 30.9 Å². The number of aromatic nitrogens is 3. The zero-order valence-corrected chi connectivity index (χ0v) is 18.6. The van der Waals surface area contributed by atoms with E-state index in [1.54, 1.807) is 10.7 Å². The van der Waals surface area contributed by atoms with Crippen LogP contribution in [0.2, 0.25) is 0 Å². The summed E-state index contributed by atoms with van der Waals surface area (Å²) in [6.07, 6.45) is 0. The van der Waals surface area contributed by atoms with Gasteiger partial charge in [-0.25, -0.2) is 13.8 Å². The molecule has 158 valence electrons. The van der Waals surface area contributed by atoms with Crippen LogP contribution in [-0.4, -0.2) is 52.8 Å². The molecular weight excluding hydrogens is 420 g/mol. The Bertz CT molecular complexity index is 1020. The monoisotopic (exact) mass is 443 g/mol. The number of nitrogens with zero attached hydrogens (tertiary/aromatic N) is 5. The number of rotatable bonds is 6. The van der Waals surface area contributed by atoms with Crippen molar-refractivity contribution in [3.05, 3.63) is 41.2 Å². The number of carbonyl (C=O) groups excluding carboxylic acids is 1. The molecule has 0 spiro atoms. The van der Waals surface area contributed by atoms with Gasteiger partial charge in [0.15, 0.2) is 16.6 Å². The van der Waals surface area contributed by atoms with Gasteiger partial charge < -0.3 is 4.90 Å². The molecule has 1 amide bonds. The minimum Gasteiger partial charge on any atom is -0.308 e. The predicted molar refractivity (Wildman–Crippen MR) is 114 cm³/mol. The molecule has 0 bridgehead atoms. The number of carbonyl (C=O) groups is 1. The molecule has 2 aromatic heterocycles. The lowest BCUT2D eigenvalue weighted by molar-refractivity contribution is 0.0979. The molecule has 0 N–H and O–H groups in total. The number of aryl methyl sites for hydroxylation is 1. The fourth-order valence-corrected chi connectivity index (χ4v) is 3.93. The number of thiazole rings is 1. The maximum atomic E-state index is 14.1. The molecule has 0 aliphatic rings. The summed E-state index contributed by atoms with van der Waals surface area (Å²) >= 11 is 1.09. The molecule has 0 saturated carbocycles. The van der Waals surface area contributed by atoms with Crippen LogP contribution in [0.25, 0.3) is 10.2 Å². The first-order valence-electron chi connectivity index (χ1n) is 8.95. The van der Waals surface area contributed by atoms with Gasteiger partial charge in [-0.3, -0.25) is 14.4 Å². The highest BCUT2D eigenvalue weighted by Crippen LogP contribution is 2.32. The van der Waals surface area contributed by atoms with Gasteiger partial charge in [-0.15, -0.1) is 12.4 Å². The van der Waals surface area contributed by atoms with Crippen LogP contribution >= 0.6 is 23.7 Å². The normalized spacial score (nSPS) is 11.3. The quantitative estimate of drug-likeness (QED) is 0.570. The number of anilines is 1. The summed E-state index contributed by atoms with van der Waals surface area (Å²) in [4.78, 5) is 20.9. The van der Waals surface area contributed by atoms with Crippen LogP contribution in [0.4, 0.5) is 13.9 Å². The zero-order valence-electron chi connectivity index (χ0n) is 16.9. The summed E-state index contributed by atoms with van der Waals surface area (Å²) in [6, 6.07) is 3.88. The van der Waals surface area contributed by atoms with E-state index < -0.39 is 11.6 Å². The number of hydrogen-bond acceptors (Lipinski definition) is 5. The third kappa shape index (κ3) is 4.91. The average molecular weight is 444 g/mol. The van der Waals surface area contributed by atoms with E-state index in [0.717, 1.165) is 23.1 Å². The van der Waals surface area contributed by atoms with Crippen molar-refractivity contribution in [2.75, 3.05) is 32.1 Å². The zero-order chi connectivity index (χ0) is 20.6. The SMILES string of the molecule is Cc1cc(C(=O)N(CCN(C)C)c2nc3c(F)cc(F)cc3s2)nn1C(C)C.Cl. The number of halogens is 3. The number of amides is 1. The molecule has 0 radical (unpaired) electrons. The van der Waals surface area contributed by atoms with Gasteiger partial charge in [0.1, 0.15) is 11.3 Å². The summed E-state index contributed by atoms with van der Waals surface area (Å²) in [5.74, 6) is -1.72. The van der Waals surface area contributed by atoms with Crippen molar-refractivity contribution in [2.24, 2.45) is 0 Å². The molecule has 2 heterocycles. The first-order chi connectivity index (χ1) is 13.2. The Morgan fingerprint density at radius 3 is 2.48 bits per heavy atom. The second-order valence-corrected chi connectivity index (χ2v) is 8.21. The lowest BCUT2D eigenvalue weighted by Gasteiger charge is -2.21. The van der Waals surface area contributed by atoms with Crippen molar-refractivity contribution in [3.8, 4) is 0 Å². The molecule has 0 aliphatic heterocycles. The minimum atomic E-state index is -0.738. The third-order valence-electron chi connectivity index (χ3n) is 4.28. The molecule has 3 rings (SSSR count). The molecule has 1 aromatic carbocycles. The van der Waals surface area contributed by atoms with Crippen LogP contribution in [0.15, 0.2) is 18.2 Å². The first-order valence-corrected chi connectivity index (χ1v) is 9.77. The van der Waals surface area contributed by atoms with E-state index in [1.807, 2.05) is 39.8 Å². The predicted octanol–water partition coefficient (Wildman–Crippen LogP) is 4.29. The summed E-state index contributed by atoms with van der Waals surface area (Å²) < 4.78 is 29.8. The number of likely N-dealkylation sites (N-methyl/N-ethyl adjacent to an activating group) is 1.